The molecule has 2 aromatic carbocycles. The van der Waals surface area contributed by atoms with Crippen molar-refractivity contribution in [1.82, 2.24) is 9.21 Å². The van der Waals surface area contributed by atoms with Crippen LogP contribution in [-0.4, -0.2) is 59.9 Å². The summed E-state index contributed by atoms with van der Waals surface area (Å²) in [4.78, 5) is 13.9. The normalized spacial score (nSPS) is 23.4. The van der Waals surface area contributed by atoms with Gasteiger partial charge in [0.15, 0.2) is 0 Å². The van der Waals surface area contributed by atoms with Gasteiger partial charge in [-0.2, -0.15) is 4.31 Å². The first-order valence-electron chi connectivity index (χ1n) is 9.92. The highest BCUT2D eigenvalue weighted by Crippen LogP contribution is 2.55. The smallest absolute Gasteiger partial charge is 0.222 e. The van der Waals surface area contributed by atoms with E-state index in [1.54, 1.807) is 17.0 Å². The molecule has 2 aromatic rings. The SMILES string of the molecule is CCC(=O)N1CC2(C1)[C@@H](c1ccccc1)[C@@H](CO)N2S(=O)(=O)Cc1ccccc1. The van der Waals surface area contributed by atoms with Crippen LogP contribution in [0.4, 0.5) is 0 Å². The van der Waals surface area contributed by atoms with E-state index in [9.17, 15) is 18.3 Å². The van der Waals surface area contributed by atoms with Gasteiger partial charge in [-0.25, -0.2) is 8.42 Å². The summed E-state index contributed by atoms with van der Waals surface area (Å²) in [6.45, 7) is 2.29. The maximum atomic E-state index is 13.4. The lowest BCUT2D eigenvalue weighted by atomic mass is 9.63. The molecule has 1 spiro atoms. The predicted octanol–water partition coefficient (Wildman–Crippen LogP) is 1.97. The van der Waals surface area contributed by atoms with Gasteiger partial charge < -0.3 is 10.0 Å². The minimum absolute atomic E-state index is 0.0234. The van der Waals surface area contributed by atoms with Crippen LogP contribution in [0.5, 0.6) is 0 Å². The topological polar surface area (TPSA) is 77.9 Å². The molecule has 2 saturated heterocycles. The Morgan fingerprint density at radius 1 is 1.07 bits per heavy atom. The Morgan fingerprint density at radius 2 is 1.66 bits per heavy atom. The van der Waals surface area contributed by atoms with Gasteiger partial charge in [0.2, 0.25) is 15.9 Å². The number of carbonyl (C=O) groups excluding carboxylic acids is 1. The van der Waals surface area contributed by atoms with E-state index in [1.165, 1.54) is 4.31 Å². The number of nitrogens with zero attached hydrogens (tertiary/aromatic N) is 2. The van der Waals surface area contributed by atoms with Gasteiger partial charge >= 0.3 is 0 Å². The van der Waals surface area contributed by atoms with E-state index in [1.807, 2.05) is 55.5 Å². The number of sulfonamides is 1. The second-order valence-electron chi connectivity index (χ2n) is 7.88. The molecule has 154 valence electrons. The maximum absolute atomic E-state index is 13.4. The molecular weight excluding hydrogens is 388 g/mol. The molecule has 0 radical (unpaired) electrons. The fraction of sp³-hybridized carbons (Fsp3) is 0.409. The molecule has 2 heterocycles. The number of amides is 1. The van der Waals surface area contributed by atoms with Gasteiger partial charge in [-0.15, -0.1) is 0 Å². The van der Waals surface area contributed by atoms with Gasteiger partial charge in [-0.05, 0) is 11.1 Å². The molecule has 1 N–H and O–H groups in total. The summed E-state index contributed by atoms with van der Waals surface area (Å²) < 4.78 is 28.3. The summed E-state index contributed by atoms with van der Waals surface area (Å²) in [6, 6.07) is 18.3. The second kappa shape index (κ2) is 7.55. The van der Waals surface area contributed by atoms with Crippen molar-refractivity contribution in [3.63, 3.8) is 0 Å². The summed E-state index contributed by atoms with van der Waals surface area (Å²) in [5.41, 5.74) is 1.03. The predicted molar refractivity (Wildman–Crippen MR) is 111 cm³/mol. The number of aliphatic hydroxyl groups excluding tert-OH is 1. The Kier molecular flexibility index (Phi) is 5.23. The van der Waals surface area contributed by atoms with Crippen LogP contribution in [0.2, 0.25) is 0 Å². The molecule has 2 aliphatic rings. The molecule has 2 fully saturated rings. The fourth-order valence-electron chi connectivity index (χ4n) is 4.94. The Labute approximate surface area is 171 Å². The van der Waals surface area contributed by atoms with Crippen molar-refractivity contribution in [1.29, 1.82) is 0 Å². The number of benzene rings is 2. The van der Waals surface area contributed by atoms with Gasteiger partial charge in [0.25, 0.3) is 0 Å². The van der Waals surface area contributed by atoms with Crippen LogP contribution in [0, 0.1) is 0 Å². The number of aliphatic hydroxyl groups is 1. The standard InChI is InChI=1S/C22H26N2O4S/c1-2-20(26)23-15-22(16-23)21(18-11-7-4-8-12-18)19(13-25)24(22)29(27,28)14-17-9-5-3-6-10-17/h3-12,19,21,25H,2,13-16H2,1H3/t19-,21+/m1/s1. The molecule has 2 atom stereocenters. The summed E-state index contributed by atoms with van der Waals surface area (Å²) in [6.07, 6.45) is 0.395. The highest BCUT2D eigenvalue weighted by Gasteiger charge is 2.69. The van der Waals surface area contributed by atoms with Crippen LogP contribution < -0.4 is 0 Å². The number of hydrogen-bond acceptors (Lipinski definition) is 4. The summed E-state index contributed by atoms with van der Waals surface area (Å²) >= 11 is 0. The number of carbonyl (C=O) groups is 1. The van der Waals surface area contributed by atoms with Crippen molar-refractivity contribution >= 4 is 15.9 Å². The number of likely N-dealkylation sites (tertiary alicyclic amines) is 1. The van der Waals surface area contributed by atoms with Crippen molar-refractivity contribution in [2.45, 2.75) is 36.6 Å². The van der Waals surface area contributed by atoms with Crippen molar-refractivity contribution in [3.8, 4) is 0 Å². The van der Waals surface area contributed by atoms with E-state index in [4.69, 9.17) is 0 Å². The number of hydrogen-bond donors (Lipinski definition) is 1. The highest BCUT2D eigenvalue weighted by molar-refractivity contribution is 7.88. The largest absolute Gasteiger partial charge is 0.395 e. The third-order valence-corrected chi connectivity index (χ3v) is 8.06. The molecule has 0 aromatic heterocycles. The van der Waals surface area contributed by atoms with E-state index in [2.05, 4.69) is 0 Å². The monoisotopic (exact) mass is 414 g/mol. The lowest BCUT2D eigenvalue weighted by molar-refractivity contribution is -0.167. The molecule has 6 nitrogen and oxygen atoms in total. The van der Waals surface area contributed by atoms with E-state index in [0.717, 1.165) is 5.56 Å². The third-order valence-electron chi connectivity index (χ3n) is 6.13. The van der Waals surface area contributed by atoms with Crippen LogP contribution in [0.15, 0.2) is 60.7 Å². The van der Waals surface area contributed by atoms with Gasteiger partial charge in [-0.3, -0.25) is 4.79 Å². The Hall–Kier alpha value is -2.22. The molecule has 4 rings (SSSR count). The second-order valence-corrected chi connectivity index (χ2v) is 9.73. The molecule has 0 bridgehead atoms. The Morgan fingerprint density at radius 3 is 2.21 bits per heavy atom. The van der Waals surface area contributed by atoms with Gasteiger partial charge in [0, 0.05) is 25.4 Å². The summed E-state index contributed by atoms with van der Waals surface area (Å²) in [7, 11) is -3.67. The molecule has 7 heteroatoms. The average molecular weight is 415 g/mol. The zero-order valence-corrected chi connectivity index (χ0v) is 17.3. The average Bonchev–Trinajstić information content (AvgIpc) is 2.67. The lowest BCUT2D eigenvalue weighted by Crippen LogP contribution is -2.85. The molecule has 29 heavy (non-hydrogen) atoms. The zero-order chi connectivity index (χ0) is 20.6. The van der Waals surface area contributed by atoms with Gasteiger partial charge in [-0.1, -0.05) is 67.6 Å². The first kappa shape index (κ1) is 20.1. The fourth-order valence-corrected chi connectivity index (χ4v) is 7.08. The van der Waals surface area contributed by atoms with E-state index in [0.29, 0.717) is 25.1 Å². The molecule has 2 aliphatic heterocycles. The maximum Gasteiger partial charge on any atom is 0.222 e. The first-order valence-corrected chi connectivity index (χ1v) is 11.5. The lowest BCUT2D eigenvalue weighted by Gasteiger charge is -2.69. The minimum atomic E-state index is -3.67. The van der Waals surface area contributed by atoms with Crippen LogP contribution in [0.25, 0.3) is 0 Å². The summed E-state index contributed by atoms with van der Waals surface area (Å²) in [5.74, 6) is -0.231. The van der Waals surface area contributed by atoms with Crippen LogP contribution in [-0.2, 0) is 20.6 Å². The van der Waals surface area contributed by atoms with Gasteiger partial charge in [0.1, 0.15) is 0 Å². The molecule has 0 aliphatic carbocycles. The van der Waals surface area contributed by atoms with Crippen LogP contribution >= 0.6 is 0 Å². The highest BCUT2D eigenvalue weighted by atomic mass is 32.2. The molecule has 0 unspecified atom stereocenters. The first-order chi connectivity index (χ1) is 13.9. The minimum Gasteiger partial charge on any atom is -0.395 e. The van der Waals surface area contributed by atoms with E-state index in [-0.39, 0.29) is 24.2 Å². The van der Waals surface area contributed by atoms with Crippen molar-refractivity contribution in [2.24, 2.45) is 0 Å². The van der Waals surface area contributed by atoms with Crippen molar-refractivity contribution in [3.05, 3.63) is 71.8 Å². The Bertz CT molecular complexity index is 972. The molecule has 1 amide bonds. The van der Waals surface area contributed by atoms with E-state index < -0.39 is 21.6 Å². The molecule has 0 saturated carbocycles. The number of rotatable bonds is 6. The van der Waals surface area contributed by atoms with Crippen molar-refractivity contribution < 1.29 is 18.3 Å². The van der Waals surface area contributed by atoms with E-state index >= 15 is 0 Å². The Balaban J connectivity index is 1.69. The zero-order valence-electron chi connectivity index (χ0n) is 16.4. The van der Waals surface area contributed by atoms with Crippen molar-refractivity contribution in [2.75, 3.05) is 19.7 Å². The van der Waals surface area contributed by atoms with Crippen LogP contribution in [0.1, 0.15) is 30.4 Å². The quantitative estimate of drug-likeness (QED) is 0.784. The molecular formula is C22H26N2O4S. The third kappa shape index (κ3) is 3.27. The van der Waals surface area contributed by atoms with Crippen LogP contribution in [0.3, 0.4) is 0 Å². The van der Waals surface area contributed by atoms with Gasteiger partial charge in [0.05, 0.1) is 23.9 Å². The summed E-state index contributed by atoms with van der Waals surface area (Å²) in [5, 5.41) is 10.1.